The minimum Gasteiger partial charge on any atom is -0.244 e. The zero-order chi connectivity index (χ0) is 12.7. The summed E-state index contributed by atoms with van der Waals surface area (Å²) in [6.45, 7) is 0. The SMILES string of the molecule is c1ccc2nc3c(-c4cnsc4)cccc3nc2c1. The van der Waals surface area contributed by atoms with Gasteiger partial charge < -0.3 is 0 Å². The first-order valence-electron chi connectivity index (χ1n) is 5.97. The summed E-state index contributed by atoms with van der Waals surface area (Å²) in [5, 5.41) is 2.03. The van der Waals surface area contributed by atoms with Gasteiger partial charge in [0.25, 0.3) is 0 Å². The fraction of sp³-hybridized carbons (Fsp3) is 0. The molecule has 0 spiro atoms. The molecule has 0 fully saturated rings. The van der Waals surface area contributed by atoms with Gasteiger partial charge in [-0.05, 0) is 29.7 Å². The van der Waals surface area contributed by atoms with Crippen LogP contribution in [0.5, 0.6) is 0 Å². The van der Waals surface area contributed by atoms with E-state index in [-0.39, 0.29) is 0 Å². The highest BCUT2D eigenvalue weighted by Crippen LogP contribution is 2.28. The van der Waals surface area contributed by atoms with E-state index in [9.17, 15) is 0 Å². The molecule has 0 saturated heterocycles. The third-order valence-corrected chi connectivity index (χ3v) is 3.70. The number of aromatic nitrogens is 3. The van der Waals surface area contributed by atoms with E-state index in [0.717, 1.165) is 33.2 Å². The predicted octanol–water partition coefficient (Wildman–Crippen LogP) is 3.91. The zero-order valence-corrected chi connectivity index (χ0v) is 10.8. The fourth-order valence-electron chi connectivity index (χ4n) is 2.21. The third-order valence-electron chi connectivity index (χ3n) is 3.11. The summed E-state index contributed by atoms with van der Waals surface area (Å²) in [5.41, 5.74) is 5.88. The molecule has 0 aliphatic heterocycles. The highest BCUT2D eigenvalue weighted by atomic mass is 32.1. The predicted molar refractivity (Wildman–Crippen MR) is 78.2 cm³/mol. The van der Waals surface area contributed by atoms with Crippen molar-refractivity contribution in [3.05, 3.63) is 54.0 Å². The maximum absolute atomic E-state index is 4.75. The molecule has 4 aromatic rings. The van der Waals surface area contributed by atoms with E-state index in [2.05, 4.69) is 15.4 Å². The quantitative estimate of drug-likeness (QED) is 0.489. The summed E-state index contributed by atoms with van der Waals surface area (Å²) >= 11 is 1.45. The van der Waals surface area contributed by atoms with Crippen LogP contribution in [0.3, 0.4) is 0 Å². The van der Waals surface area contributed by atoms with Gasteiger partial charge in [-0.2, -0.15) is 0 Å². The maximum atomic E-state index is 4.75. The average Bonchev–Trinajstić information content (AvgIpc) is 2.98. The molecule has 2 aromatic heterocycles. The summed E-state index contributed by atoms with van der Waals surface area (Å²) < 4.78 is 4.16. The molecule has 0 atom stereocenters. The van der Waals surface area contributed by atoms with Gasteiger partial charge in [0, 0.05) is 22.7 Å². The molecule has 0 radical (unpaired) electrons. The van der Waals surface area contributed by atoms with E-state index < -0.39 is 0 Å². The molecular weight excluding hydrogens is 254 g/mol. The first-order chi connectivity index (χ1) is 9.42. The number of hydrogen-bond donors (Lipinski definition) is 0. The van der Waals surface area contributed by atoms with Crippen LogP contribution in [0.2, 0.25) is 0 Å². The highest BCUT2D eigenvalue weighted by molar-refractivity contribution is 7.03. The Kier molecular flexibility index (Phi) is 2.28. The first kappa shape index (κ1) is 10.6. The monoisotopic (exact) mass is 263 g/mol. The van der Waals surface area contributed by atoms with Crippen LogP contribution < -0.4 is 0 Å². The largest absolute Gasteiger partial charge is 0.244 e. The van der Waals surface area contributed by atoms with Crippen LogP contribution in [0.4, 0.5) is 0 Å². The van der Waals surface area contributed by atoms with Crippen molar-refractivity contribution in [2.75, 3.05) is 0 Å². The molecule has 19 heavy (non-hydrogen) atoms. The van der Waals surface area contributed by atoms with E-state index in [1.54, 1.807) is 0 Å². The van der Waals surface area contributed by atoms with Crippen LogP contribution in [0.25, 0.3) is 33.2 Å². The topological polar surface area (TPSA) is 38.7 Å². The Morgan fingerprint density at radius 3 is 2.37 bits per heavy atom. The molecule has 0 N–H and O–H groups in total. The lowest BCUT2D eigenvalue weighted by molar-refractivity contribution is 1.39. The molecule has 2 aromatic carbocycles. The van der Waals surface area contributed by atoms with Gasteiger partial charge in [-0.15, -0.1) is 0 Å². The van der Waals surface area contributed by atoms with Gasteiger partial charge in [0.05, 0.1) is 22.1 Å². The van der Waals surface area contributed by atoms with Gasteiger partial charge in [0.1, 0.15) is 0 Å². The van der Waals surface area contributed by atoms with Crippen molar-refractivity contribution in [1.29, 1.82) is 0 Å². The second-order valence-electron chi connectivity index (χ2n) is 4.30. The van der Waals surface area contributed by atoms with Crippen LogP contribution in [0.15, 0.2) is 54.0 Å². The Bertz CT molecular complexity index is 869. The van der Waals surface area contributed by atoms with E-state index in [0.29, 0.717) is 0 Å². The van der Waals surface area contributed by atoms with Crippen molar-refractivity contribution in [1.82, 2.24) is 14.3 Å². The van der Waals surface area contributed by atoms with Crippen molar-refractivity contribution in [3.63, 3.8) is 0 Å². The standard InChI is InChI=1S/C15H9N3S/c1-2-6-13-12(5-1)17-14-7-3-4-11(15(14)18-13)10-8-16-19-9-10/h1-9H. The van der Waals surface area contributed by atoms with Crippen molar-refractivity contribution in [2.45, 2.75) is 0 Å². The van der Waals surface area contributed by atoms with Gasteiger partial charge in [-0.1, -0.05) is 24.3 Å². The number of fused-ring (bicyclic) bond motifs is 2. The molecule has 0 aliphatic carbocycles. The van der Waals surface area contributed by atoms with Crippen LogP contribution in [-0.2, 0) is 0 Å². The Morgan fingerprint density at radius 1 is 0.789 bits per heavy atom. The van der Waals surface area contributed by atoms with Gasteiger partial charge >= 0.3 is 0 Å². The van der Waals surface area contributed by atoms with Gasteiger partial charge in [-0.25, -0.2) is 14.3 Å². The molecule has 0 saturated carbocycles. The second-order valence-corrected chi connectivity index (χ2v) is 4.96. The van der Waals surface area contributed by atoms with Crippen molar-refractivity contribution < 1.29 is 0 Å². The second kappa shape index (κ2) is 4.10. The van der Waals surface area contributed by atoms with E-state index in [1.165, 1.54) is 11.5 Å². The molecule has 90 valence electrons. The fourth-order valence-corrected chi connectivity index (χ4v) is 2.75. The van der Waals surface area contributed by atoms with Crippen LogP contribution >= 0.6 is 11.5 Å². The van der Waals surface area contributed by atoms with Gasteiger partial charge in [0.2, 0.25) is 0 Å². The lowest BCUT2D eigenvalue weighted by Gasteiger charge is -2.05. The van der Waals surface area contributed by atoms with Crippen molar-refractivity contribution >= 4 is 33.6 Å². The number of nitrogens with zero attached hydrogens (tertiary/aromatic N) is 3. The molecular formula is C15H9N3S. The number of para-hydroxylation sites is 3. The van der Waals surface area contributed by atoms with E-state index in [4.69, 9.17) is 4.98 Å². The molecule has 4 heteroatoms. The third kappa shape index (κ3) is 1.69. The van der Waals surface area contributed by atoms with Crippen LogP contribution in [0, 0.1) is 0 Å². The first-order valence-corrected chi connectivity index (χ1v) is 6.81. The minimum absolute atomic E-state index is 0.919. The van der Waals surface area contributed by atoms with Crippen molar-refractivity contribution in [3.8, 4) is 11.1 Å². The minimum atomic E-state index is 0.919. The smallest absolute Gasteiger partial charge is 0.0973 e. The molecule has 0 aliphatic rings. The summed E-state index contributed by atoms with van der Waals surface area (Å²) in [6, 6.07) is 14.0. The molecule has 2 heterocycles. The Balaban J connectivity index is 2.12. The highest BCUT2D eigenvalue weighted by Gasteiger charge is 2.08. The van der Waals surface area contributed by atoms with Gasteiger partial charge in [-0.3, -0.25) is 0 Å². The van der Waals surface area contributed by atoms with Crippen LogP contribution in [0.1, 0.15) is 0 Å². The number of benzene rings is 2. The lowest BCUT2D eigenvalue weighted by Crippen LogP contribution is -1.89. The normalized spacial score (nSPS) is 11.2. The van der Waals surface area contributed by atoms with Gasteiger partial charge in [0.15, 0.2) is 0 Å². The maximum Gasteiger partial charge on any atom is 0.0973 e. The zero-order valence-electron chi connectivity index (χ0n) is 9.95. The Labute approximate surface area is 113 Å². The summed E-state index contributed by atoms with van der Waals surface area (Å²) in [7, 11) is 0. The lowest BCUT2D eigenvalue weighted by atomic mass is 10.1. The molecule has 3 nitrogen and oxygen atoms in total. The summed E-state index contributed by atoms with van der Waals surface area (Å²) in [6.07, 6.45) is 1.87. The summed E-state index contributed by atoms with van der Waals surface area (Å²) in [4.78, 5) is 9.42. The number of rotatable bonds is 1. The van der Waals surface area contributed by atoms with Crippen molar-refractivity contribution in [2.24, 2.45) is 0 Å². The molecule has 0 unspecified atom stereocenters. The molecule has 0 amide bonds. The van der Waals surface area contributed by atoms with Crippen LogP contribution in [-0.4, -0.2) is 14.3 Å². The Hall–Kier alpha value is -2.33. The van der Waals surface area contributed by atoms with E-state index >= 15 is 0 Å². The molecule has 4 rings (SSSR count). The average molecular weight is 263 g/mol. The van der Waals surface area contributed by atoms with E-state index in [1.807, 2.05) is 48.0 Å². The molecule has 0 bridgehead atoms. The summed E-state index contributed by atoms with van der Waals surface area (Å²) in [5.74, 6) is 0. The Morgan fingerprint density at radius 2 is 1.58 bits per heavy atom. The number of hydrogen-bond acceptors (Lipinski definition) is 4.